The van der Waals surface area contributed by atoms with Gasteiger partial charge in [-0.15, -0.1) is 11.3 Å². The van der Waals surface area contributed by atoms with E-state index in [2.05, 4.69) is 108 Å². The van der Waals surface area contributed by atoms with E-state index in [1.165, 1.54) is 36.5 Å². The van der Waals surface area contributed by atoms with E-state index in [0.717, 1.165) is 22.5 Å². The largest absolute Gasteiger partial charge is 0.383 e. The normalized spacial score (nSPS) is 12.3. The average Bonchev–Trinajstić information content (AvgIpc) is 3.44. The highest BCUT2D eigenvalue weighted by atomic mass is 32.1. The van der Waals surface area contributed by atoms with Crippen LogP contribution in [0.15, 0.2) is 120 Å². The molecule has 0 aliphatic carbocycles. The summed E-state index contributed by atoms with van der Waals surface area (Å²) < 4.78 is 4.81. The van der Waals surface area contributed by atoms with Gasteiger partial charge in [0.2, 0.25) is 0 Å². The molecule has 0 saturated heterocycles. The molecule has 7 aromatic rings. The minimum atomic E-state index is 0.511. The second-order valence-electron chi connectivity index (χ2n) is 8.70. The van der Waals surface area contributed by atoms with Crippen LogP contribution in [0.1, 0.15) is 5.56 Å². The summed E-state index contributed by atoms with van der Waals surface area (Å²) in [6, 6.07) is 40.2. The molecular formula is C31H21N3S. The van der Waals surface area contributed by atoms with E-state index in [4.69, 9.17) is 10.7 Å². The van der Waals surface area contributed by atoms with Gasteiger partial charge in [0.05, 0.1) is 16.7 Å². The third kappa shape index (κ3) is 3.22. The molecule has 2 N–H and O–H groups in total. The number of thiophene rings is 1. The van der Waals surface area contributed by atoms with Crippen molar-refractivity contribution in [2.24, 2.45) is 10.7 Å². The number of hydrogen-bond acceptors (Lipinski definition) is 2. The molecule has 0 aliphatic rings. The second kappa shape index (κ2) is 7.83. The SMILES string of the molecule is NC(=Nc1ccc2c(c1)sc1ccccc12)c1ccc2c3ccccc3n(-c3ccccc3)c2c1. The van der Waals surface area contributed by atoms with Gasteiger partial charge in [-0.1, -0.05) is 72.8 Å². The average molecular weight is 468 g/mol. The zero-order chi connectivity index (χ0) is 23.4. The maximum atomic E-state index is 6.56. The number of amidine groups is 1. The van der Waals surface area contributed by atoms with Gasteiger partial charge in [-0.25, -0.2) is 4.99 Å². The topological polar surface area (TPSA) is 43.3 Å². The van der Waals surface area contributed by atoms with Crippen LogP contribution in [-0.4, -0.2) is 10.4 Å². The standard InChI is InChI=1S/C31H21N3S/c32-31(33-21-15-17-26-25-11-5-7-13-29(25)35-30(26)19-21)20-14-16-24-23-10-4-6-12-27(23)34(28(24)18-20)22-8-2-1-3-9-22/h1-19H,(H2,32,33). The molecule has 0 aliphatic heterocycles. The molecule has 0 bridgehead atoms. The summed E-state index contributed by atoms with van der Waals surface area (Å²) in [5, 5.41) is 4.98. The van der Waals surface area contributed by atoms with E-state index in [9.17, 15) is 0 Å². The summed E-state index contributed by atoms with van der Waals surface area (Å²) in [6.45, 7) is 0. The van der Waals surface area contributed by atoms with E-state index in [-0.39, 0.29) is 0 Å². The quantitative estimate of drug-likeness (QED) is 0.207. The van der Waals surface area contributed by atoms with E-state index < -0.39 is 0 Å². The molecule has 7 rings (SSSR count). The van der Waals surface area contributed by atoms with Gasteiger partial charge in [0, 0.05) is 42.2 Å². The summed E-state index contributed by atoms with van der Waals surface area (Å²) in [5.41, 5.74) is 11.8. The number of fused-ring (bicyclic) bond motifs is 6. The monoisotopic (exact) mass is 467 g/mol. The lowest BCUT2D eigenvalue weighted by atomic mass is 10.1. The van der Waals surface area contributed by atoms with Crippen LogP contribution in [0.3, 0.4) is 0 Å². The molecule has 0 saturated carbocycles. The molecule has 0 fully saturated rings. The summed E-state index contributed by atoms with van der Waals surface area (Å²) >= 11 is 1.79. The first kappa shape index (κ1) is 20.0. The highest BCUT2D eigenvalue weighted by Gasteiger charge is 2.13. The lowest BCUT2D eigenvalue weighted by Crippen LogP contribution is -2.12. The van der Waals surface area contributed by atoms with Gasteiger partial charge < -0.3 is 10.3 Å². The van der Waals surface area contributed by atoms with Crippen LogP contribution >= 0.6 is 11.3 Å². The van der Waals surface area contributed by atoms with Crippen molar-refractivity contribution in [3.05, 3.63) is 121 Å². The number of hydrogen-bond donors (Lipinski definition) is 1. The Kier molecular flexibility index (Phi) is 4.47. The summed E-state index contributed by atoms with van der Waals surface area (Å²) in [7, 11) is 0. The van der Waals surface area contributed by atoms with Crippen LogP contribution in [0.5, 0.6) is 0 Å². The Morgan fingerprint density at radius 1 is 0.600 bits per heavy atom. The van der Waals surface area contributed by atoms with Crippen LogP contribution in [-0.2, 0) is 0 Å². The Hall–Kier alpha value is -4.41. The first-order valence-corrected chi connectivity index (χ1v) is 12.4. The first-order chi connectivity index (χ1) is 17.3. The lowest BCUT2D eigenvalue weighted by Gasteiger charge is -2.08. The van der Waals surface area contributed by atoms with Crippen LogP contribution in [0, 0.1) is 0 Å². The van der Waals surface area contributed by atoms with Gasteiger partial charge in [0.1, 0.15) is 5.84 Å². The molecule has 3 nitrogen and oxygen atoms in total. The molecule has 0 unspecified atom stereocenters. The van der Waals surface area contributed by atoms with Crippen LogP contribution in [0.25, 0.3) is 47.7 Å². The molecule has 0 radical (unpaired) electrons. The van der Waals surface area contributed by atoms with Crippen molar-refractivity contribution in [3.63, 3.8) is 0 Å². The Morgan fingerprint density at radius 2 is 1.29 bits per heavy atom. The minimum Gasteiger partial charge on any atom is -0.383 e. The Morgan fingerprint density at radius 3 is 2.17 bits per heavy atom. The van der Waals surface area contributed by atoms with E-state index in [1.807, 2.05) is 12.1 Å². The fourth-order valence-electron chi connectivity index (χ4n) is 4.97. The van der Waals surface area contributed by atoms with Crippen LogP contribution < -0.4 is 5.73 Å². The minimum absolute atomic E-state index is 0.511. The molecule has 2 aromatic heterocycles. The van der Waals surface area contributed by atoms with Gasteiger partial charge in [0.25, 0.3) is 0 Å². The van der Waals surface area contributed by atoms with Crippen molar-refractivity contribution in [1.82, 2.24) is 4.57 Å². The fraction of sp³-hybridized carbons (Fsp3) is 0. The fourth-order valence-corrected chi connectivity index (χ4v) is 6.11. The summed E-state index contributed by atoms with van der Waals surface area (Å²) in [6.07, 6.45) is 0. The molecule has 0 spiro atoms. The van der Waals surface area contributed by atoms with Crippen molar-refractivity contribution in [2.75, 3.05) is 0 Å². The highest BCUT2D eigenvalue weighted by Crippen LogP contribution is 2.36. The Bertz CT molecular complexity index is 1910. The predicted molar refractivity (Wildman–Crippen MR) is 150 cm³/mol. The smallest absolute Gasteiger partial charge is 0.131 e. The predicted octanol–water partition coefficient (Wildman–Crippen LogP) is 8.19. The third-order valence-electron chi connectivity index (χ3n) is 6.60. The van der Waals surface area contributed by atoms with Gasteiger partial charge >= 0.3 is 0 Å². The van der Waals surface area contributed by atoms with E-state index in [1.54, 1.807) is 11.3 Å². The van der Waals surface area contributed by atoms with Crippen molar-refractivity contribution in [3.8, 4) is 5.69 Å². The first-order valence-electron chi connectivity index (χ1n) is 11.6. The van der Waals surface area contributed by atoms with Gasteiger partial charge in [-0.3, -0.25) is 0 Å². The van der Waals surface area contributed by atoms with E-state index >= 15 is 0 Å². The van der Waals surface area contributed by atoms with Crippen LogP contribution in [0.4, 0.5) is 5.69 Å². The molecule has 0 atom stereocenters. The zero-order valence-electron chi connectivity index (χ0n) is 18.8. The number of para-hydroxylation sites is 2. The highest BCUT2D eigenvalue weighted by molar-refractivity contribution is 7.25. The number of aromatic nitrogens is 1. The Labute approximate surface area is 206 Å². The second-order valence-corrected chi connectivity index (χ2v) is 9.78. The van der Waals surface area contributed by atoms with Crippen LogP contribution in [0.2, 0.25) is 0 Å². The molecule has 4 heteroatoms. The van der Waals surface area contributed by atoms with Crippen molar-refractivity contribution in [2.45, 2.75) is 0 Å². The number of benzene rings is 5. The number of aliphatic imine (C=N–C) groups is 1. The summed E-state index contributed by atoms with van der Waals surface area (Å²) in [4.78, 5) is 4.80. The van der Waals surface area contributed by atoms with Crippen molar-refractivity contribution >= 4 is 64.8 Å². The van der Waals surface area contributed by atoms with Gasteiger partial charge in [-0.05, 0) is 42.5 Å². The maximum absolute atomic E-state index is 6.56. The molecule has 35 heavy (non-hydrogen) atoms. The third-order valence-corrected chi connectivity index (χ3v) is 7.73. The zero-order valence-corrected chi connectivity index (χ0v) is 19.7. The van der Waals surface area contributed by atoms with Crippen molar-refractivity contribution < 1.29 is 0 Å². The number of nitrogens with two attached hydrogens (primary N) is 1. The molecule has 2 heterocycles. The van der Waals surface area contributed by atoms with Crippen molar-refractivity contribution in [1.29, 1.82) is 0 Å². The maximum Gasteiger partial charge on any atom is 0.131 e. The molecule has 166 valence electrons. The molecule has 5 aromatic carbocycles. The van der Waals surface area contributed by atoms with Gasteiger partial charge in [-0.2, -0.15) is 0 Å². The lowest BCUT2D eigenvalue weighted by molar-refractivity contribution is 1.18. The van der Waals surface area contributed by atoms with E-state index in [0.29, 0.717) is 5.84 Å². The number of rotatable bonds is 3. The Balaban J connectivity index is 1.37. The number of nitrogens with zero attached hydrogens (tertiary/aromatic N) is 2. The molecule has 0 amide bonds. The summed E-state index contributed by atoms with van der Waals surface area (Å²) in [5.74, 6) is 0.511. The molecular weight excluding hydrogens is 446 g/mol. The van der Waals surface area contributed by atoms with Gasteiger partial charge in [0.15, 0.2) is 0 Å².